The first-order valence-electron chi connectivity index (χ1n) is 22.6. The fraction of sp³-hybridized carbons (Fsp3) is 0.200. The SMILES string of the molecule is Cc1cccc(-n2c([C@@H]3CCCN3)nc3cccc(Cl)c3c2=O)c1.Cc1cccc(-n2c([C@@H]3CCCN3c3ncnc4nc[nH]c(=O)c34)nc3cccc(Cl)c3c2=O)c1.O=c1[nH]cnc2ncnc(Cl)c12. The van der Waals surface area contributed by atoms with Crippen LogP contribution in [0.5, 0.6) is 0 Å². The molecule has 4 aromatic carbocycles. The fourth-order valence-electron chi connectivity index (χ4n) is 9.08. The van der Waals surface area contributed by atoms with Crippen LogP contribution < -0.4 is 32.5 Å². The normalized spacial score (nSPS) is 15.5. The second kappa shape index (κ2) is 19.9. The molecule has 21 heteroatoms. The van der Waals surface area contributed by atoms with Crippen molar-refractivity contribution >= 4 is 84.5 Å². The Morgan fingerprint density at radius 2 is 1.13 bits per heavy atom. The van der Waals surface area contributed by atoms with Crippen LogP contribution in [-0.2, 0) is 0 Å². The lowest BCUT2D eigenvalue weighted by molar-refractivity contribution is 0.584. The van der Waals surface area contributed by atoms with Gasteiger partial charge in [-0.3, -0.25) is 28.3 Å². The van der Waals surface area contributed by atoms with Gasteiger partial charge in [-0.25, -0.2) is 39.9 Å². The summed E-state index contributed by atoms with van der Waals surface area (Å²) in [4.78, 5) is 91.8. The van der Waals surface area contributed by atoms with Gasteiger partial charge in [-0.2, -0.15) is 0 Å². The highest BCUT2D eigenvalue weighted by Gasteiger charge is 2.34. The Morgan fingerprint density at radius 3 is 1.70 bits per heavy atom. The molecule has 2 saturated heterocycles. The van der Waals surface area contributed by atoms with Gasteiger partial charge in [0.1, 0.15) is 46.0 Å². The van der Waals surface area contributed by atoms with Crippen LogP contribution in [0.1, 0.15) is 60.5 Å². The minimum Gasteiger partial charge on any atom is -0.346 e. The number of rotatable bonds is 5. The molecule has 2 atom stereocenters. The first kappa shape index (κ1) is 46.9. The monoisotopic (exact) mass is 1010 g/mol. The number of aryl methyl sites for hydroxylation is 2. The molecule has 0 aliphatic carbocycles. The van der Waals surface area contributed by atoms with Crippen LogP contribution in [0.3, 0.4) is 0 Å². The molecule has 0 radical (unpaired) electrons. The summed E-state index contributed by atoms with van der Waals surface area (Å²) >= 11 is 18.4. The van der Waals surface area contributed by atoms with Gasteiger partial charge < -0.3 is 20.2 Å². The molecule has 18 nitrogen and oxygen atoms in total. The average Bonchev–Trinajstić information content (AvgIpc) is 4.09. The van der Waals surface area contributed by atoms with Gasteiger partial charge in [0.2, 0.25) is 0 Å². The lowest BCUT2D eigenvalue weighted by Crippen LogP contribution is -2.32. The van der Waals surface area contributed by atoms with Gasteiger partial charge in [-0.05, 0) is 106 Å². The van der Waals surface area contributed by atoms with Gasteiger partial charge >= 0.3 is 0 Å². The van der Waals surface area contributed by atoms with Crippen molar-refractivity contribution in [3.05, 3.63) is 190 Å². The van der Waals surface area contributed by atoms with Crippen molar-refractivity contribution in [2.24, 2.45) is 0 Å². The van der Waals surface area contributed by atoms with Gasteiger partial charge in [-0.15, -0.1) is 0 Å². The molecular formula is C50H41Cl3N14O4. The molecule has 2 aliphatic rings. The maximum atomic E-state index is 13.9. The lowest BCUT2D eigenvalue weighted by atomic mass is 10.1. The number of aromatic nitrogens is 12. The van der Waals surface area contributed by atoms with E-state index in [2.05, 4.69) is 45.2 Å². The Bertz CT molecular complexity index is 3920. The van der Waals surface area contributed by atoms with Crippen molar-refractivity contribution in [1.29, 1.82) is 0 Å². The molecule has 0 unspecified atom stereocenters. The van der Waals surface area contributed by atoms with E-state index >= 15 is 0 Å². The standard InChI is InChI=1S/C25H20ClN7O2.C19H18ClN3O.C6H3ClN4O/c1-14-5-2-6-15(11-14)33-22(31-17-8-3-7-16(26)19(17)25(33)35)18-9-4-10-32(18)23-20-21(27-12-29-23)28-13-30-24(20)34;1-12-5-2-6-13(11-12)23-18(16-9-4-10-21-16)22-15-8-3-7-14(20)17(15)19(23)24;7-4-3-5(9-1-8-4)10-2-11-6(3)12/h2-3,5-8,11-13,18H,4,9-10H2,1H3,(H,27,28,29,30,34);2-3,5-8,11,16,21H,4,9-10H2,1H3;1-2H,(H,8,9,10,11,12)/t18-;16-;/m00./s1. The highest BCUT2D eigenvalue weighted by molar-refractivity contribution is 6.35. The van der Waals surface area contributed by atoms with Crippen LogP contribution in [0.25, 0.3) is 55.2 Å². The Hall–Kier alpha value is -7.77. The van der Waals surface area contributed by atoms with Gasteiger partial charge in [-0.1, -0.05) is 71.2 Å². The van der Waals surface area contributed by atoms with Crippen molar-refractivity contribution < 1.29 is 0 Å². The highest BCUT2D eigenvalue weighted by atomic mass is 35.5. The third kappa shape index (κ3) is 9.13. The van der Waals surface area contributed by atoms with Gasteiger partial charge in [0, 0.05) is 6.54 Å². The number of aromatic amines is 2. The predicted molar refractivity (Wildman–Crippen MR) is 274 cm³/mol. The van der Waals surface area contributed by atoms with E-state index < -0.39 is 0 Å². The number of hydrogen-bond donors (Lipinski definition) is 3. The highest BCUT2D eigenvalue weighted by Crippen LogP contribution is 2.37. The number of H-pyrrole nitrogens is 2. The molecule has 8 heterocycles. The van der Waals surface area contributed by atoms with E-state index in [1.54, 1.807) is 33.4 Å². The summed E-state index contributed by atoms with van der Waals surface area (Å²) in [5.41, 5.74) is 4.47. The lowest BCUT2D eigenvalue weighted by Gasteiger charge is -2.28. The molecule has 2 aliphatic heterocycles. The van der Waals surface area contributed by atoms with Crippen molar-refractivity contribution in [1.82, 2.24) is 64.3 Å². The summed E-state index contributed by atoms with van der Waals surface area (Å²) in [6, 6.07) is 26.1. The van der Waals surface area contributed by atoms with Crippen LogP contribution in [0.15, 0.2) is 129 Å². The van der Waals surface area contributed by atoms with E-state index in [1.807, 2.05) is 79.4 Å². The van der Waals surface area contributed by atoms with E-state index in [0.717, 1.165) is 54.9 Å². The second-order valence-electron chi connectivity index (χ2n) is 16.9. The summed E-state index contributed by atoms with van der Waals surface area (Å²) in [5.74, 6) is 1.81. The third-order valence-electron chi connectivity index (χ3n) is 12.3. The van der Waals surface area contributed by atoms with Crippen LogP contribution in [-0.4, -0.2) is 72.1 Å². The Kier molecular flexibility index (Phi) is 13.2. The third-order valence-corrected chi connectivity index (χ3v) is 13.2. The molecule has 0 amide bonds. The first-order chi connectivity index (χ1) is 34.5. The van der Waals surface area contributed by atoms with Crippen molar-refractivity contribution in [2.75, 3.05) is 18.0 Å². The largest absolute Gasteiger partial charge is 0.346 e. The van der Waals surface area contributed by atoms with Gasteiger partial charge in [0.05, 0.1) is 68.0 Å². The molecule has 6 aromatic heterocycles. The molecule has 71 heavy (non-hydrogen) atoms. The molecule has 356 valence electrons. The minimum absolute atomic E-state index is 0.0848. The minimum atomic E-state index is -0.328. The zero-order valence-electron chi connectivity index (χ0n) is 38.0. The topological polar surface area (TPSA) is 228 Å². The van der Waals surface area contributed by atoms with Gasteiger partial charge in [0.25, 0.3) is 22.2 Å². The first-order valence-corrected chi connectivity index (χ1v) is 23.7. The number of benzene rings is 4. The summed E-state index contributed by atoms with van der Waals surface area (Å²) in [5, 5.41) is 5.75. The average molecular weight is 1010 g/mol. The maximum absolute atomic E-state index is 13.9. The number of nitrogens with one attached hydrogen (secondary N) is 3. The fourth-order valence-corrected chi connectivity index (χ4v) is 9.80. The Morgan fingerprint density at radius 1 is 0.577 bits per heavy atom. The van der Waals surface area contributed by atoms with Crippen molar-refractivity contribution in [2.45, 2.75) is 51.6 Å². The smallest absolute Gasteiger partial charge is 0.267 e. The number of halogens is 3. The summed E-state index contributed by atoms with van der Waals surface area (Å²) < 4.78 is 3.35. The molecule has 0 saturated carbocycles. The molecule has 2 fully saturated rings. The zero-order valence-corrected chi connectivity index (χ0v) is 40.2. The second-order valence-corrected chi connectivity index (χ2v) is 18.1. The van der Waals surface area contributed by atoms with Crippen LogP contribution in [0.4, 0.5) is 5.82 Å². The van der Waals surface area contributed by atoms with Crippen molar-refractivity contribution in [3.63, 3.8) is 0 Å². The number of hydrogen-bond acceptors (Lipinski definition) is 14. The van der Waals surface area contributed by atoms with E-state index in [9.17, 15) is 19.2 Å². The Balaban J connectivity index is 0.000000139. The summed E-state index contributed by atoms with van der Waals surface area (Å²) in [6.07, 6.45) is 8.89. The zero-order chi connectivity index (χ0) is 49.3. The van der Waals surface area contributed by atoms with Crippen LogP contribution in [0, 0.1) is 13.8 Å². The van der Waals surface area contributed by atoms with Gasteiger partial charge in [0.15, 0.2) is 11.3 Å². The van der Waals surface area contributed by atoms with E-state index in [1.165, 1.54) is 25.3 Å². The molecule has 0 spiro atoms. The van der Waals surface area contributed by atoms with E-state index in [4.69, 9.17) is 44.8 Å². The predicted octanol–water partition coefficient (Wildman–Crippen LogP) is 7.85. The molecule has 12 rings (SSSR count). The number of anilines is 1. The van der Waals surface area contributed by atoms with E-state index in [-0.39, 0.29) is 44.9 Å². The number of nitrogens with zero attached hydrogens (tertiary/aromatic N) is 11. The van der Waals surface area contributed by atoms with E-state index in [0.29, 0.717) is 72.4 Å². The van der Waals surface area contributed by atoms with Crippen molar-refractivity contribution in [3.8, 4) is 11.4 Å². The van der Waals surface area contributed by atoms with Crippen LogP contribution >= 0.6 is 34.8 Å². The molecule has 10 aromatic rings. The number of fused-ring (bicyclic) bond motifs is 4. The summed E-state index contributed by atoms with van der Waals surface area (Å²) in [7, 11) is 0. The molecule has 3 N–H and O–H groups in total. The Labute approximate surface area is 417 Å². The quantitative estimate of drug-likeness (QED) is 0.140. The maximum Gasteiger partial charge on any atom is 0.267 e. The molecule has 0 bridgehead atoms. The molecular weight excluding hydrogens is 967 g/mol. The summed E-state index contributed by atoms with van der Waals surface area (Å²) in [6.45, 7) is 5.58. The van der Waals surface area contributed by atoms with Crippen LogP contribution in [0.2, 0.25) is 15.2 Å².